The van der Waals surface area contributed by atoms with Crippen molar-refractivity contribution in [3.8, 4) is 17.1 Å². The molecule has 1 amide bonds. The highest BCUT2D eigenvalue weighted by Gasteiger charge is 2.31. The number of ether oxygens (including phenoxy) is 1. The minimum Gasteiger partial charge on any atom is -0.497 e. The zero-order valence-electron chi connectivity index (χ0n) is 16.9. The van der Waals surface area contributed by atoms with Gasteiger partial charge in [0.05, 0.1) is 31.1 Å². The molecule has 28 heavy (non-hydrogen) atoms. The van der Waals surface area contributed by atoms with Crippen molar-refractivity contribution in [2.45, 2.75) is 25.9 Å². The Morgan fingerprint density at radius 2 is 2.00 bits per heavy atom. The van der Waals surface area contributed by atoms with E-state index in [1.807, 2.05) is 36.1 Å². The molecule has 0 bridgehead atoms. The van der Waals surface area contributed by atoms with Gasteiger partial charge in [0.15, 0.2) is 0 Å². The number of methoxy groups -OCH3 is 1. The standard InChI is InChI=1S/C21H29N5O2/c1-15(25-11-9-24(2)10-12-25)21(27)26-8-7-18-19(14-26)23-20(22-18)16-5-4-6-17(13-16)28-3/h4-6,13,15H,7-12,14H2,1-3H3,(H,22,23)/t15-/m0/s1. The second-order valence-corrected chi connectivity index (χ2v) is 7.77. The molecule has 1 N–H and O–H groups in total. The van der Waals surface area contributed by atoms with Crippen LogP contribution in [0.25, 0.3) is 11.4 Å². The van der Waals surface area contributed by atoms with E-state index in [9.17, 15) is 4.79 Å². The molecule has 4 rings (SSSR count). The Hall–Kier alpha value is -2.38. The summed E-state index contributed by atoms with van der Waals surface area (Å²) in [5.41, 5.74) is 3.11. The Kier molecular flexibility index (Phi) is 5.37. The summed E-state index contributed by atoms with van der Waals surface area (Å²) in [4.78, 5) is 27.8. The van der Waals surface area contributed by atoms with Crippen molar-refractivity contribution in [2.24, 2.45) is 0 Å². The predicted molar refractivity (Wildman–Crippen MR) is 108 cm³/mol. The zero-order chi connectivity index (χ0) is 19.7. The van der Waals surface area contributed by atoms with Crippen molar-refractivity contribution < 1.29 is 9.53 Å². The van der Waals surface area contributed by atoms with Crippen LogP contribution in [0.4, 0.5) is 0 Å². The van der Waals surface area contributed by atoms with Crippen molar-refractivity contribution in [1.29, 1.82) is 0 Å². The zero-order valence-corrected chi connectivity index (χ0v) is 16.9. The van der Waals surface area contributed by atoms with Crippen LogP contribution in [0.2, 0.25) is 0 Å². The number of piperazine rings is 1. The first-order valence-electron chi connectivity index (χ1n) is 9.98. The molecule has 1 saturated heterocycles. The molecule has 0 unspecified atom stereocenters. The first-order valence-corrected chi connectivity index (χ1v) is 9.98. The smallest absolute Gasteiger partial charge is 0.240 e. The summed E-state index contributed by atoms with van der Waals surface area (Å²) < 4.78 is 5.32. The van der Waals surface area contributed by atoms with E-state index in [4.69, 9.17) is 9.72 Å². The third-order valence-corrected chi connectivity index (χ3v) is 5.93. The second kappa shape index (κ2) is 7.93. The maximum Gasteiger partial charge on any atom is 0.240 e. The highest BCUT2D eigenvalue weighted by Crippen LogP contribution is 2.26. The number of hydrogen-bond donors (Lipinski definition) is 1. The summed E-state index contributed by atoms with van der Waals surface area (Å²) in [6.45, 7) is 7.31. The van der Waals surface area contributed by atoms with Crippen LogP contribution in [0.15, 0.2) is 24.3 Å². The molecule has 3 heterocycles. The van der Waals surface area contributed by atoms with Crippen molar-refractivity contribution in [3.05, 3.63) is 35.7 Å². The van der Waals surface area contributed by atoms with Gasteiger partial charge in [-0.3, -0.25) is 9.69 Å². The lowest BCUT2D eigenvalue weighted by Gasteiger charge is -2.38. The molecule has 1 fully saturated rings. The maximum absolute atomic E-state index is 13.1. The Morgan fingerprint density at radius 1 is 1.21 bits per heavy atom. The van der Waals surface area contributed by atoms with Gasteiger partial charge >= 0.3 is 0 Å². The lowest BCUT2D eigenvalue weighted by molar-refractivity contribution is -0.138. The summed E-state index contributed by atoms with van der Waals surface area (Å²) in [6.07, 6.45) is 0.789. The molecule has 1 aromatic carbocycles. The van der Waals surface area contributed by atoms with Gasteiger partial charge in [-0.15, -0.1) is 0 Å². The monoisotopic (exact) mass is 383 g/mol. The third kappa shape index (κ3) is 3.77. The first kappa shape index (κ1) is 19.0. The van der Waals surface area contributed by atoms with Gasteiger partial charge in [0, 0.05) is 44.7 Å². The fraction of sp³-hybridized carbons (Fsp3) is 0.524. The van der Waals surface area contributed by atoms with Gasteiger partial charge in [0.2, 0.25) is 5.91 Å². The average Bonchev–Trinajstić information content (AvgIpc) is 3.16. The number of fused-ring (bicyclic) bond motifs is 1. The number of nitrogens with zero attached hydrogens (tertiary/aromatic N) is 4. The van der Waals surface area contributed by atoms with Gasteiger partial charge in [-0.25, -0.2) is 4.98 Å². The van der Waals surface area contributed by atoms with Gasteiger partial charge in [-0.2, -0.15) is 0 Å². The molecule has 0 aliphatic carbocycles. The Morgan fingerprint density at radius 3 is 2.75 bits per heavy atom. The molecular formula is C21H29N5O2. The van der Waals surface area contributed by atoms with Crippen LogP contribution in [0, 0.1) is 0 Å². The van der Waals surface area contributed by atoms with E-state index in [2.05, 4.69) is 21.8 Å². The second-order valence-electron chi connectivity index (χ2n) is 7.77. The predicted octanol–water partition coefficient (Wildman–Crippen LogP) is 1.61. The number of likely N-dealkylation sites (N-methyl/N-ethyl adjacent to an activating group) is 1. The van der Waals surface area contributed by atoms with Crippen molar-refractivity contribution in [2.75, 3.05) is 46.9 Å². The third-order valence-electron chi connectivity index (χ3n) is 5.93. The number of rotatable bonds is 4. The number of hydrogen-bond acceptors (Lipinski definition) is 5. The number of H-pyrrole nitrogens is 1. The number of amides is 1. The average molecular weight is 383 g/mol. The number of nitrogens with one attached hydrogen (secondary N) is 1. The van der Waals surface area contributed by atoms with E-state index in [1.54, 1.807) is 7.11 Å². The number of aromatic nitrogens is 2. The summed E-state index contributed by atoms with van der Waals surface area (Å²) in [6, 6.07) is 7.81. The molecule has 7 nitrogen and oxygen atoms in total. The van der Waals surface area contributed by atoms with Gasteiger partial charge in [-0.1, -0.05) is 12.1 Å². The number of carbonyl (C=O) groups is 1. The topological polar surface area (TPSA) is 64.7 Å². The van der Waals surface area contributed by atoms with E-state index in [-0.39, 0.29) is 11.9 Å². The number of imidazole rings is 1. The van der Waals surface area contributed by atoms with Crippen LogP contribution >= 0.6 is 0 Å². The largest absolute Gasteiger partial charge is 0.497 e. The van der Waals surface area contributed by atoms with E-state index >= 15 is 0 Å². The van der Waals surface area contributed by atoms with Gasteiger partial charge in [0.1, 0.15) is 11.6 Å². The fourth-order valence-electron chi connectivity index (χ4n) is 4.02. The molecular weight excluding hydrogens is 354 g/mol. The molecule has 1 atom stereocenters. The number of carbonyl (C=O) groups excluding carboxylic acids is 1. The van der Waals surface area contributed by atoms with Crippen molar-refractivity contribution in [3.63, 3.8) is 0 Å². The SMILES string of the molecule is COc1cccc(-c2nc3c([nH]2)CN(C(=O)[C@H](C)N2CCN(C)CC2)CC3)c1. The Balaban J connectivity index is 1.46. The minimum absolute atomic E-state index is 0.0731. The van der Waals surface area contributed by atoms with E-state index in [0.717, 1.165) is 67.7 Å². The lowest BCUT2D eigenvalue weighted by atomic mass is 10.1. The van der Waals surface area contributed by atoms with E-state index in [1.165, 1.54) is 0 Å². The minimum atomic E-state index is -0.0731. The quantitative estimate of drug-likeness (QED) is 0.869. The molecule has 0 saturated carbocycles. The van der Waals surface area contributed by atoms with Gasteiger partial charge < -0.3 is 19.5 Å². The normalized spacial score (nSPS) is 19.3. The molecule has 0 radical (unpaired) electrons. The molecule has 2 aromatic rings. The lowest BCUT2D eigenvalue weighted by Crippen LogP contribution is -2.54. The molecule has 150 valence electrons. The van der Waals surface area contributed by atoms with Crippen LogP contribution < -0.4 is 4.74 Å². The summed E-state index contributed by atoms with van der Waals surface area (Å²) in [5.74, 6) is 1.86. The molecule has 0 spiro atoms. The summed E-state index contributed by atoms with van der Waals surface area (Å²) in [7, 11) is 3.80. The number of benzene rings is 1. The molecule has 1 aromatic heterocycles. The van der Waals surface area contributed by atoms with Crippen LogP contribution in [0.1, 0.15) is 18.3 Å². The summed E-state index contributed by atoms with van der Waals surface area (Å²) >= 11 is 0. The molecule has 2 aliphatic heterocycles. The summed E-state index contributed by atoms with van der Waals surface area (Å²) in [5, 5.41) is 0. The Bertz CT molecular complexity index is 841. The van der Waals surface area contributed by atoms with Crippen LogP contribution in [-0.4, -0.2) is 83.5 Å². The highest BCUT2D eigenvalue weighted by atomic mass is 16.5. The van der Waals surface area contributed by atoms with Crippen molar-refractivity contribution >= 4 is 5.91 Å². The van der Waals surface area contributed by atoms with Gasteiger partial charge in [-0.05, 0) is 26.1 Å². The molecule has 7 heteroatoms. The van der Waals surface area contributed by atoms with Gasteiger partial charge in [0.25, 0.3) is 0 Å². The molecule has 2 aliphatic rings. The highest BCUT2D eigenvalue weighted by molar-refractivity contribution is 5.81. The first-order chi connectivity index (χ1) is 13.5. The van der Waals surface area contributed by atoms with Crippen LogP contribution in [-0.2, 0) is 17.8 Å². The maximum atomic E-state index is 13.1. The fourth-order valence-corrected chi connectivity index (χ4v) is 4.02. The van der Waals surface area contributed by atoms with Crippen molar-refractivity contribution in [1.82, 2.24) is 24.7 Å². The van der Waals surface area contributed by atoms with E-state index < -0.39 is 0 Å². The van der Waals surface area contributed by atoms with E-state index in [0.29, 0.717) is 6.54 Å². The number of aromatic amines is 1. The van der Waals surface area contributed by atoms with Crippen LogP contribution in [0.5, 0.6) is 5.75 Å². The van der Waals surface area contributed by atoms with Crippen LogP contribution in [0.3, 0.4) is 0 Å². The Labute approximate surface area is 166 Å².